The first-order chi connectivity index (χ1) is 14.2. The average molecular weight is 553 g/mol. The largest absolute Gasteiger partial charge is 0.469 e. The lowest BCUT2D eigenvalue weighted by molar-refractivity contribution is -0.137. The van der Waals surface area contributed by atoms with E-state index in [-0.39, 0.29) is 35.9 Å². The van der Waals surface area contributed by atoms with E-state index in [1.54, 1.807) is 19.4 Å². The number of aliphatic imine (C=N–C) groups is 1. The highest BCUT2D eigenvalue weighted by Crippen LogP contribution is 2.29. The highest BCUT2D eigenvalue weighted by Gasteiger charge is 2.30. The van der Waals surface area contributed by atoms with Crippen molar-refractivity contribution in [3.8, 4) is 0 Å². The summed E-state index contributed by atoms with van der Waals surface area (Å²) in [6, 6.07) is 8.95. The SMILES string of the molecule is COCCC(C)(C)CNC(=NCc1cccc(C(F)(F)F)c1)NCCc1ccco1.I. The van der Waals surface area contributed by atoms with Crippen molar-refractivity contribution in [2.24, 2.45) is 10.4 Å². The quantitative estimate of drug-likeness (QED) is 0.240. The van der Waals surface area contributed by atoms with E-state index in [0.717, 1.165) is 24.3 Å². The Morgan fingerprint density at radius 1 is 1.13 bits per heavy atom. The normalized spacial score (nSPS) is 12.4. The highest BCUT2D eigenvalue weighted by atomic mass is 127. The topological polar surface area (TPSA) is 58.8 Å². The molecule has 0 amide bonds. The monoisotopic (exact) mass is 553 g/mol. The van der Waals surface area contributed by atoms with Gasteiger partial charge in [-0.15, -0.1) is 24.0 Å². The van der Waals surface area contributed by atoms with Gasteiger partial charge in [-0.3, -0.25) is 0 Å². The van der Waals surface area contributed by atoms with E-state index < -0.39 is 11.7 Å². The first kappa shape index (κ1) is 27.3. The molecule has 9 heteroatoms. The summed E-state index contributed by atoms with van der Waals surface area (Å²) in [5.74, 6) is 1.39. The third-order valence-corrected chi connectivity index (χ3v) is 4.64. The van der Waals surface area contributed by atoms with Gasteiger partial charge in [0, 0.05) is 33.2 Å². The van der Waals surface area contributed by atoms with E-state index in [1.165, 1.54) is 6.07 Å². The minimum absolute atomic E-state index is 0. The standard InChI is InChI=1S/C22H30F3N3O2.HI/c1-21(2,10-13-29-3)16-28-20(26-11-9-19-8-5-12-30-19)27-15-17-6-4-7-18(14-17)22(23,24)25;/h4-8,12,14H,9-11,13,15-16H2,1-3H3,(H2,26,27,28);1H. The molecule has 0 saturated heterocycles. The Bertz CT molecular complexity index is 794. The maximum absolute atomic E-state index is 12.9. The predicted molar refractivity (Wildman–Crippen MR) is 127 cm³/mol. The van der Waals surface area contributed by atoms with E-state index in [2.05, 4.69) is 29.5 Å². The summed E-state index contributed by atoms with van der Waals surface area (Å²) in [7, 11) is 1.67. The maximum atomic E-state index is 12.9. The lowest BCUT2D eigenvalue weighted by atomic mass is 9.90. The van der Waals surface area contributed by atoms with Gasteiger partial charge in [-0.1, -0.05) is 26.0 Å². The van der Waals surface area contributed by atoms with Crippen LogP contribution in [0.25, 0.3) is 0 Å². The van der Waals surface area contributed by atoms with Crippen LogP contribution in [-0.4, -0.2) is 32.8 Å². The van der Waals surface area contributed by atoms with Gasteiger partial charge in [-0.05, 0) is 41.7 Å². The first-order valence-corrected chi connectivity index (χ1v) is 9.89. The number of guanidine groups is 1. The Morgan fingerprint density at radius 3 is 2.55 bits per heavy atom. The molecular formula is C22H31F3IN3O2. The van der Waals surface area contributed by atoms with Crippen molar-refractivity contribution in [1.29, 1.82) is 0 Å². The average Bonchev–Trinajstić information content (AvgIpc) is 3.21. The molecule has 1 aromatic heterocycles. The Morgan fingerprint density at radius 2 is 1.90 bits per heavy atom. The van der Waals surface area contributed by atoms with Crippen LogP contribution < -0.4 is 10.6 Å². The van der Waals surface area contributed by atoms with Gasteiger partial charge < -0.3 is 19.8 Å². The number of methoxy groups -OCH3 is 1. The molecule has 0 bridgehead atoms. The fourth-order valence-corrected chi connectivity index (χ4v) is 2.74. The number of hydrogen-bond acceptors (Lipinski definition) is 3. The number of benzene rings is 1. The summed E-state index contributed by atoms with van der Waals surface area (Å²) >= 11 is 0. The van der Waals surface area contributed by atoms with Gasteiger partial charge in [0.25, 0.3) is 0 Å². The van der Waals surface area contributed by atoms with E-state index in [1.807, 2.05) is 12.1 Å². The number of rotatable bonds is 10. The van der Waals surface area contributed by atoms with E-state index in [9.17, 15) is 13.2 Å². The second-order valence-corrected chi connectivity index (χ2v) is 7.88. The molecule has 0 aliphatic heterocycles. The van der Waals surface area contributed by atoms with Gasteiger partial charge in [-0.2, -0.15) is 13.2 Å². The summed E-state index contributed by atoms with van der Waals surface area (Å²) in [6.45, 7) is 6.25. The van der Waals surface area contributed by atoms with Crippen LogP contribution in [0.4, 0.5) is 13.2 Å². The Balaban J connectivity index is 0.00000480. The third kappa shape index (κ3) is 10.4. The van der Waals surface area contributed by atoms with Crippen LogP contribution in [0.15, 0.2) is 52.1 Å². The van der Waals surface area contributed by atoms with E-state index in [0.29, 0.717) is 37.6 Å². The lowest BCUT2D eigenvalue weighted by Crippen LogP contribution is -2.43. The molecule has 2 aromatic rings. The molecule has 1 aromatic carbocycles. The molecule has 0 radical (unpaired) electrons. The van der Waals surface area contributed by atoms with Crippen molar-refractivity contribution >= 4 is 29.9 Å². The minimum Gasteiger partial charge on any atom is -0.469 e. The molecule has 0 atom stereocenters. The molecular weight excluding hydrogens is 522 g/mol. The van der Waals surface area contributed by atoms with Gasteiger partial charge in [-0.25, -0.2) is 4.99 Å². The van der Waals surface area contributed by atoms with Gasteiger partial charge in [0.05, 0.1) is 18.4 Å². The smallest absolute Gasteiger partial charge is 0.416 e. The molecule has 0 unspecified atom stereocenters. The van der Waals surface area contributed by atoms with Crippen LogP contribution in [0.2, 0.25) is 0 Å². The Kier molecular flexibility index (Phi) is 11.4. The van der Waals surface area contributed by atoms with Crippen molar-refractivity contribution in [2.45, 2.75) is 39.4 Å². The number of nitrogens with zero attached hydrogens (tertiary/aromatic N) is 1. The van der Waals surface area contributed by atoms with Crippen molar-refractivity contribution in [3.63, 3.8) is 0 Å². The van der Waals surface area contributed by atoms with Crippen molar-refractivity contribution in [3.05, 3.63) is 59.5 Å². The second-order valence-electron chi connectivity index (χ2n) is 7.88. The van der Waals surface area contributed by atoms with Crippen LogP contribution in [0, 0.1) is 5.41 Å². The number of nitrogens with one attached hydrogen (secondary N) is 2. The van der Waals surface area contributed by atoms with Crippen LogP contribution in [0.1, 0.15) is 37.2 Å². The fraction of sp³-hybridized carbons (Fsp3) is 0.500. The van der Waals surface area contributed by atoms with Crippen LogP contribution in [-0.2, 0) is 23.9 Å². The zero-order valence-electron chi connectivity index (χ0n) is 18.1. The van der Waals surface area contributed by atoms with E-state index >= 15 is 0 Å². The fourth-order valence-electron chi connectivity index (χ4n) is 2.74. The first-order valence-electron chi connectivity index (χ1n) is 9.89. The Labute approximate surface area is 198 Å². The molecule has 0 aliphatic rings. The number of halogens is 4. The molecule has 2 N–H and O–H groups in total. The molecule has 5 nitrogen and oxygen atoms in total. The van der Waals surface area contributed by atoms with E-state index in [4.69, 9.17) is 9.15 Å². The van der Waals surface area contributed by atoms with Crippen LogP contribution in [0.5, 0.6) is 0 Å². The zero-order chi connectivity index (χ0) is 22.0. The van der Waals surface area contributed by atoms with Crippen LogP contribution in [0.3, 0.4) is 0 Å². The summed E-state index contributed by atoms with van der Waals surface area (Å²) < 4.78 is 49.3. The summed E-state index contributed by atoms with van der Waals surface area (Å²) in [6.07, 6.45) is -1.21. The second kappa shape index (κ2) is 12.9. The number of furan rings is 1. The van der Waals surface area contributed by atoms with Crippen molar-refractivity contribution in [2.75, 3.05) is 26.8 Å². The van der Waals surface area contributed by atoms with Crippen molar-refractivity contribution < 1.29 is 22.3 Å². The molecule has 0 spiro atoms. The van der Waals surface area contributed by atoms with Gasteiger partial charge in [0.15, 0.2) is 5.96 Å². The van der Waals surface area contributed by atoms with Gasteiger partial charge >= 0.3 is 6.18 Å². The predicted octanol–water partition coefficient (Wildman–Crippen LogP) is 5.26. The maximum Gasteiger partial charge on any atom is 0.416 e. The number of alkyl halides is 3. The summed E-state index contributed by atoms with van der Waals surface area (Å²) in [5.41, 5.74) is -0.206. The summed E-state index contributed by atoms with van der Waals surface area (Å²) in [4.78, 5) is 4.48. The van der Waals surface area contributed by atoms with Gasteiger partial charge in [0.2, 0.25) is 0 Å². The molecule has 2 rings (SSSR count). The van der Waals surface area contributed by atoms with Gasteiger partial charge in [0.1, 0.15) is 5.76 Å². The molecule has 0 saturated carbocycles. The highest BCUT2D eigenvalue weighted by molar-refractivity contribution is 14.0. The molecule has 0 aliphatic carbocycles. The molecule has 31 heavy (non-hydrogen) atoms. The summed E-state index contributed by atoms with van der Waals surface area (Å²) in [5, 5.41) is 6.52. The van der Waals surface area contributed by atoms with Crippen LogP contribution >= 0.6 is 24.0 Å². The molecule has 174 valence electrons. The number of ether oxygens (including phenoxy) is 1. The van der Waals surface area contributed by atoms with Crippen molar-refractivity contribution in [1.82, 2.24) is 10.6 Å². The minimum atomic E-state index is -4.37. The molecule has 0 fully saturated rings. The number of hydrogen-bond donors (Lipinski definition) is 2. The third-order valence-electron chi connectivity index (χ3n) is 4.64. The Hall–Kier alpha value is -1.75. The molecule has 1 heterocycles. The lowest BCUT2D eigenvalue weighted by Gasteiger charge is -2.26. The zero-order valence-corrected chi connectivity index (χ0v) is 20.4.